The number of hydrogen-bond donors (Lipinski definition) is 3. The molecule has 3 aromatic rings. The Hall–Kier alpha value is -2.46. The van der Waals surface area contributed by atoms with Gasteiger partial charge in [-0.25, -0.2) is 0 Å². The van der Waals surface area contributed by atoms with Crippen molar-refractivity contribution in [1.29, 1.82) is 0 Å². The highest BCUT2D eigenvalue weighted by molar-refractivity contribution is 6.34. The van der Waals surface area contributed by atoms with Crippen molar-refractivity contribution in [2.24, 2.45) is 0 Å². The standard InChI is InChI=1S/C16H14ClN3O/c1-9-2-4-14(12(17)6-9)20-16(21)15-8-10-7-11(18)3-5-13(10)19-15/h2-8,19H,18H2,1H3,(H,20,21). The molecule has 0 aliphatic heterocycles. The number of carbonyl (C=O) groups excluding carboxylic acids is 1. The molecule has 1 heterocycles. The Morgan fingerprint density at radius 2 is 2.00 bits per heavy atom. The van der Waals surface area contributed by atoms with E-state index in [4.69, 9.17) is 17.3 Å². The fraction of sp³-hybridized carbons (Fsp3) is 0.0625. The van der Waals surface area contributed by atoms with Crippen molar-refractivity contribution < 1.29 is 4.79 Å². The lowest BCUT2D eigenvalue weighted by molar-refractivity contribution is 0.102. The van der Waals surface area contributed by atoms with Crippen LogP contribution >= 0.6 is 11.6 Å². The first-order valence-electron chi connectivity index (χ1n) is 6.49. The molecule has 0 saturated heterocycles. The third-order valence-electron chi connectivity index (χ3n) is 3.26. The van der Waals surface area contributed by atoms with E-state index in [0.29, 0.717) is 22.1 Å². The van der Waals surface area contributed by atoms with Gasteiger partial charge in [0.2, 0.25) is 0 Å². The predicted molar refractivity (Wildman–Crippen MR) is 86.9 cm³/mol. The highest BCUT2D eigenvalue weighted by Gasteiger charge is 2.11. The number of benzene rings is 2. The van der Waals surface area contributed by atoms with E-state index in [0.717, 1.165) is 16.5 Å². The molecule has 0 bridgehead atoms. The number of nitrogens with two attached hydrogens (primary N) is 1. The maximum absolute atomic E-state index is 12.3. The Morgan fingerprint density at radius 3 is 2.76 bits per heavy atom. The third-order valence-corrected chi connectivity index (χ3v) is 3.57. The van der Waals surface area contributed by atoms with Gasteiger partial charge in [-0.1, -0.05) is 17.7 Å². The van der Waals surface area contributed by atoms with Gasteiger partial charge >= 0.3 is 0 Å². The van der Waals surface area contributed by atoms with E-state index in [-0.39, 0.29) is 5.91 Å². The van der Waals surface area contributed by atoms with Crippen LogP contribution < -0.4 is 11.1 Å². The average molecular weight is 300 g/mol. The number of aromatic amines is 1. The van der Waals surface area contributed by atoms with Crippen molar-refractivity contribution in [1.82, 2.24) is 4.98 Å². The van der Waals surface area contributed by atoms with Gasteiger partial charge in [0.15, 0.2) is 0 Å². The quantitative estimate of drug-likeness (QED) is 0.627. The second-order valence-corrected chi connectivity index (χ2v) is 5.37. The van der Waals surface area contributed by atoms with Crippen LogP contribution in [0, 0.1) is 6.92 Å². The lowest BCUT2D eigenvalue weighted by atomic mass is 10.2. The Balaban J connectivity index is 1.89. The smallest absolute Gasteiger partial charge is 0.272 e. The molecule has 106 valence electrons. The van der Waals surface area contributed by atoms with Gasteiger partial charge in [0.05, 0.1) is 10.7 Å². The van der Waals surface area contributed by atoms with E-state index in [2.05, 4.69) is 10.3 Å². The van der Waals surface area contributed by atoms with Crippen molar-refractivity contribution >= 4 is 39.8 Å². The summed E-state index contributed by atoms with van der Waals surface area (Å²) in [6, 6.07) is 12.7. The maximum Gasteiger partial charge on any atom is 0.272 e. The molecule has 3 rings (SSSR count). The number of rotatable bonds is 2. The number of aryl methyl sites for hydroxylation is 1. The van der Waals surface area contributed by atoms with Crippen LogP contribution in [0.1, 0.15) is 16.1 Å². The molecule has 0 atom stereocenters. The topological polar surface area (TPSA) is 70.9 Å². The van der Waals surface area contributed by atoms with Gasteiger partial charge in [-0.3, -0.25) is 4.79 Å². The molecular formula is C16H14ClN3O. The Morgan fingerprint density at radius 1 is 1.19 bits per heavy atom. The Labute approximate surface area is 126 Å². The number of hydrogen-bond acceptors (Lipinski definition) is 2. The minimum Gasteiger partial charge on any atom is -0.399 e. The molecule has 0 aliphatic carbocycles. The van der Waals surface area contributed by atoms with Crippen molar-refractivity contribution in [3.8, 4) is 0 Å². The van der Waals surface area contributed by atoms with Gasteiger partial charge in [0.1, 0.15) is 5.69 Å². The summed E-state index contributed by atoms with van der Waals surface area (Å²) in [5, 5.41) is 4.21. The summed E-state index contributed by atoms with van der Waals surface area (Å²) < 4.78 is 0. The molecule has 0 spiro atoms. The van der Waals surface area contributed by atoms with Crippen LogP contribution in [0.15, 0.2) is 42.5 Å². The van der Waals surface area contributed by atoms with Crippen LogP contribution in [0.25, 0.3) is 10.9 Å². The first-order valence-corrected chi connectivity index (χ1v) is 6.86. The summed E-state index contributed by atoms with van der Waals surface area (Å²) in [6.45, 7) is 1.94. The fourth-order valence-electron chi connectivity index (χ4n) is 2.18. The SMILES string of the molecule is Cc1ccc(NC(=O)c2cc3cc(N)ccc3[nH]2)c(Cl)c1. The number of H-pyrrole nitrogens is 1. The third kappa shape index (κ3) is 2.71. The van der Waals surface area contributed by atoms with E-state index in [1.807, 2.05) is 31.2 Å². The first-order chi connectivity index (χ1) is 10.0. The molecule has 0 fully saturated rings. The number of amides is 1. The molecular weight excluding hydrogens is 286 g/mol. The van der Waals surface area contributed by atoms with Gasteiger partial charge in [-0.15, -0.1) is 0 Å². The summed E-state index contributed by atoms with van der Waals surface area (Å²) in [5.41, 5.74) is 9.36. The van der Waals surface area contributed by atoms with E-state index < -0.39 is 0 Å². The number of nitrogen functional groups attached to an aromatic ring is 1. The van der Waals surface area contributed by atoms with Gasteiger partial charge < -0.3 is 16.0 Å². The molecule has 0 radical (unpaired) electrons. The molecule has 2 aromatic carbocycles. The minimum absolute atomic E-state index is 0.240. The van der Waals surface area contributed by atoms with E-state index >= 15 is 0 Å². The highest BCUT2D eigenvalue weighted by Crippen LogP contribution is 2.24. The zero-order valence-electron chi connectivity index (χ0n) is 11.4. The normalized spacial score (nSPS) is 10.8. The zero-order valence-corrected chi connectivity index (χ0v) is 12.2. The summed E-state index contributed by atoms with van der Waals surface area (Å²) in [7, 11) is 0. The van der Waals surface area contributed by atoms with E-state index in [1.54, 1.807) is 18.2 Å². The summed E-state index contributed by atoms with van der Waals surface area (Å²) in [4.78, 5) is 15.3. The molecule has 4 nitrogen and oxygen atoms in total. The zero-order chi connectivity index (χ0) is 15.0. The molecule has 21 heavy (non-hydrogen) atoms. The molecule has 1 aromatic heterocycles. The minimum atomic E-state index is -0.240. The molecule has 0 aliphatic rings. The lowest BCUT2D eigenvalue weighted by Crippen LogP contribution is -2.12. The van der Waals surface area contributed by atoms with Gasteiger partial charge in [-0.05, 0) is 48.9 Å². The van der Waals surface area contributed by atoms with E-state index in [9.17, 15) is 4.79 Å². The predicted octanol–water partition coefficient (Wildman–Crippen LogP) is 3.96. The monoisotopic (exact) mass is 299 g/mol. The second-order valence-electron chi connectivity index (χ2n) is 4.97. The summed E-state index contributed by atoms with van der Waals surface area (Å²) in [6.07, 6.45) is 0. The van der Waals surface area contributed by atoms with Crippen LogP contribution in [0.4, 0.5) is 11.4 Å². The van der Waals surface area contributed by atoms with Gasteiger partial charge in [0, 0.05) is 16.6 Å². The fourth-order valence-corrected chi connectivity index (χ4v) is 2.47. The van der Waals surface area contributed by atoms with Crippen molar-refractivity contribution in [3.63, 3.8) is 0 Å². The maximum atomic E-state index is 12.3. The number of aromatic nitrogens is 1. The van der Waals surface area contributed by atoms with Crippen LogP contribution in [0.2, 0.25) is 5.02 Å². The summed E-state index contributed by atoms with van der Waals surface area (Å²) in [5.74, 6) is -0.240. The number of halogens is 1. The molecule has 0 saturated carbocycles. The number of anilines is 2. The van der Waals surface area contributed by atoms with Crippen LogP contribution in [0.5, 0.6) is 0 Å². The van der Waals surface area contributed by atoms with Gasteiger partial charge in [0.25, 0.3) is 5.91 Å². The Kier molecular flexibility index (Phi) is 3.31. The van der Waals surface area contributed by atoms with Gasteiger partial charge in [-0.2, -0.15) is 0 Å². The highest BCUT2D eigenvalue weighted by atomic mass is 35.5. The number of carbonyl (C=O) groups is 1. The van der Waals surface area contributed by atoms with Crippen LogP contribution in [0.3, 0.4) is 0 Å². The van der Waals surface area contributed by atoms with E-state index in [1.165, 1.54) is 0 Å². The molecule has 5 heteroatoms. The molecule has 4 N–H and O–H groups in total. The Bertz CT molecular complexity index is 839. The lowest BCUT2D eigenvalue weighted by Gasteiger charge is -2.06. The first kappa shape index (κ1) is 13.5. The molecule has 1 amide bonds. The van der Waals surface area contributed by atoms with Crippen molar-refractivity contribution in [2.75, 3.05) is 11.1 Å². The van der Waals surface area contributed by atoms with Crippen LogP contribution in [-0.4, -0.2) is 10.9 Å². The largest absolute Gasteiger partial charge is 0.399 e. The molecule has 0 unspecified atom stereocenters. The second kappa shape index (κ2) is 5.14. The van der Waals surface area contributed by atoms with Crippen LogP contribution in [-0.2, 0) is 0 Å². The average Bonchev–Trinajstić information content (AvgIpc) is 2.85. The number of fused-ring (bicyclic) bond motifs is 1. The number of nitrogens with one attached hydrogen (secondary N) is 2. The van der Waals surface area contributed by atoms with Crippen molar-refractivity contribution in [3.05, 3.63) is 58.7 Å². The summed E-state index contributed by atoms with van der Waals surface area (Å²) >= 11 is 6.12. The van der Waals surface area contributed by atoms with Crippen molar-refractivity contribution in [2.45, 2.75) is 6.92 Å².